The molecule has 3 rings (SSSR count). The third-order valence-electron chi connectivity index (χ3n) is 4.59. The molecule has 2 aromatic carbocycles. The average molecular weight is 326 g/mol. The first kappa shape index (κ1) is 16.7. The molecule has 1 N–H and O–H groups in total. The van der Waals surface area contributed by atoms with Gasteiger partial charge in [0.25, 0.3) is 0 Å². The number of benzene rings is 2. The zero-order chi connectivity index (χ0) is 16.8. The Labute approximate surface area is 142 Å². The summed E-state index contributed by atoms with van der Waals surface area (Å²) in [4.78, 5) is 14.6. The third-order valence-corrected chi connectivity index (χ3v) is 4.59. The lowest BCUT2D eigenvalue weighted by molar-refractivity contribution is -0.126. The molecule has 0 atom stereocenters. The van der Waals surface area contributed by atoms with Crippen molar-refractivity contribution in [1.29, 1.82) is 0 Å². The van der Waals surface area contributed by atoms with Crippen molar-refractivity contribution in [2.45, 2.75) is 25.9 Å². The molecule has 1 aliphatic heterocycles. The lowest BCUT2D eigenvalue weighted by Gasteiger charge is -2.31. The van der Waals surface area contributed by atoms with Gasteiger partial charge in [0.05, 0.1) is 0 Å². The fourth-order valence-electron chi connectivity index (χ4n) is 3.13. The van der Waals surface area contributed by atoms with Gasteiger partial charge in [0.1, 0.15) is 5.82 Å². The Balaban J connectivity index is 1.42. The normalized spacial score (nSPS) is 16.0. The molecule has 1 aliphatic rings. The van der Waals surface area contributed by atoms with Crippen molar-refractivity contribution in [3.8, 4) is 0 Å². The van der Waals surface area contributed by atoms with Crippen LogP contribution in [0.1, 0.15) is 24.0 Å². The van der Waals surface area contributed by atoms with Gasteiger partial charge in [0.2, 0.25) is 5.91 Å². The second-order valence-electron chi connectivity index (χ2n) is 6.38. The van der Waals surface area contributed by atoms with Gasteiger partial charge in [0.15, 0.2) is 0 Å². The summed E-state index contributed by atoms with van der Waals surface area (Å²) in [5, 5.41) is 3.04. The van der Waals surface area contributed by atoms with Crippen LogP contribution < -0.4 is 5.32 Å². The summed E-state index contributed by atoms with van der Waals surface area (Å²) in [5.41, 5.74) is 2.24. The first-order valence-corrected chi connectivity index (χ1v) is 8.49. The van der Waals surface area contributed by atoms with Crippen LogP contribution in [0, 0.1) is 11.7 Å². The number of nitrogens with one attached hydrogen (secondary N) is 1. The van der Waals surface area contributed by atoms with Gasteiger partial charge in [-0.2, -0.15) is 0 Å². The Morgan fingerprint density at radius 1 is 1.00 bits per heavy atom. The Morgan fingerprint density at radius 2 is 1.67 bits per heavy atom. The highest BCUT2D eigenvalue weighted by Crippen LogP contribution is 2.19. The topological polar surface area (TPSA) is 32.3 Å². The molecule has 0 radical (unpaired) electrons. The number of halogens is 1. The Hall–Kier alpha value is -2.20. The lowest BCUT2D eigenvalue weighted by Crippen LogP contribution is -2.40. The van der Waals surface area contributed by atoms with E-state index in [1.54, 1.807) is 0 Å². The highest BCUT2D eigenvalue weighted by molar-refractivity contribution is 5.78. The molecule has 0 unspecified atom stereocenters. The fourth-order valence-corrected chi connectivity index (χ4v) is 3.13. The van der Waals surface area contributed by atoms with Crippen LogP contribution in [0.25, 0.3) is 0 Å². The van der Waals surface area contributed by atoms with Gasteiger partial charge in [-0.15, -0.1) is 0 Å². The van der Waals surface area contributed by atoms with E-state index in [9.17, 15) is 9.18 Å². The van der Waals surface area contributed by atoms with E-state index in [1.807, 2.05) is 42.5 Å². The maximum absolute atomic E-state index is 12.9. The van der Waals surface area contributed by atoms with Crippen LogP contribution in [0.5, 0.6) is 0 Å². The van der Waals surface area contributed by atoms with Crippen LogP contribution in [0.2, 0.25) is 0 Å². The van der Waals surface area contributed by atoms with Crippen LogP contribution >= 0.6 is 0 Å². The number of rotatable bonds is 5. The van der Waals surface area contributed by atoms with E-state index in [0.717, 1.165) is 43.6 Å². The predicted molar refractivity (Wildman–Crippen MR) is 92.7 cm³/mol. The van der Waals surface area contributed by atoms with E-state index in [2.05, 4.69) is 10.2 Å². The molecule has 2 aromatic rings. The van der Waals surface area contributed by atoms with Gasteiger partial charge >= 0.3 is 0 Å². The average Bonchev–Trinajstić information content (AvgIpc) is 2.63. The number of amides is 1. The minimum Gasteiger partial charge on any atom is -0.352 e. The van der Waals surface area contributed by atoms with Crippen LogP contribution in [0.15, 0.2) is 54.6 Å². The molecule has 1 amide bonds. The summed E-state index contributed by atoms with van der Waals surface area (Å²) in [5.74, 6) is 0.0472. The summed E-state index contributed by atoms with van der Waals surface area (Å²) in [6, 6.07) is 16.6. The largest absolute Gasteiger partial charge is 0.352 e. The summed E-state index contributed by atoms with van der Waals surface area (Å²) in [6.45, 7) is 3.22. The van der Waals surface area contributed by atoms with E-state index < -0.39 is 0 Å². The number of piperidine rings is 1. The molecule has 0 aliphatic carbocycles. The van der Waals surface area contributed by atoms with Crippen molar-refractivity contribution >= 4 is 5.91 Å². The molecule has 4 heteroatoms. The van der Waals surface area contributed by atoms with Gasteiger partial charge < -0.3 is 5.32 Å². The van der Waals surface area contributed by atoms with Crippen molar-refractivity contribution in [2.24, 2.45) is 5.92 Å². The summed E-state index contributed by atoms with van der Waals surface area (Å²) >= 11 is 0. The molecule has 24 heavy (non-hydrogen) atoms. The smallest absolute Gasteiger partial charge is 0.223 e. The van der Waals surface area contributed by atoms with E-state index >= 15 is 0 Å². The number of carbonyl (C=O) groups excluding carboxylic acids is 1. The number of hydrogen-bond acceptors (Lipinski definition) is 2. The first-order chi connectivity index (χ1) is 11.7. The van der Waals surface area contributed by atoms with Crippen molar-refractivity contribution in [3.05, 3.63) is 71.5 Å². The van der Waals surface area contributed by atoms with Crippen molar-refractivity contribution in [1.82, 2.24) is 10.2 Å². The highest BCUT2D eigenvalue weighted by atomic mass is 19.1. The van der Waals surface area contributed by atoms with Crippen LogP contribution in [-0.2, 0) is 17.9 Å². The number of nitrogens with zero attached hydrogens (tertiary/aromatic N) is 1. The molecule has 1 heterocycles. The van der Waals surface area contributed by atoms with Crippen molar-refractivity contribution in [3.63, 3.8) is 0 Å². The monoisotopic (exact) mass is 326 g/mol. The minimum atomic E-state index is -0.201. The summed E-state index contributed by atoms with van der Waals surface area (Å²) in [7, 11) is 0. The highest BCUT2D eigenvalue weighted by Gasteiger charge is 2.24. The van der Waals surface area contributed by atoms with Crippen LogP contribution in [0.4, 0.5) is 4.39 Å². The van der Waals surface area contributed by atoms with Gasteiger partial charge in [-0.25, -0.2) is 4.39 Å². The molecule has 1 fully saturated rings. The van der Waals surface area contributed by atoms with E-state index in [-0.39, 0.29) is 17.6 Å². The van der Waals surface area contributed by atoms with Gasteiger partial charge in [-0.1, -0.05) is 42.5 Å². The van der Waals surface area contributed by atoms with Gasteiger partial charge in [-0.05, 0) is 49.2 Å². The third kappa shape index (κ3) is 4.65. The van der Waals surface area contributed by atoms with Crippen molar-refractivity contribution in [2.75, 3.05) is 13.1 Å². The minimum absolute atomic E-state index is 0.0955. The quantitative estimate of drug-likeness (QED) is 0.914. The second-order valence-corrected chi connectivity index (χ2v) is 6.38. The fraction of sp³-hybridized carbons (Fsp3) is 0.350. The predicted octanol–water partition coefficient (Wildman–Crippen LogP) is 3.35. The zero-order valence-electron chi connectivity index (χ0n) is 13.7. The second kappa shape index (κ2) is 8.06. The number of hydrogen-bond donors (Lipinski definition) is 1. The van der Waals surface area contributed by atoms with E-state index in [1.165, 1.54) is 12.1 Å². The molecule has 3 nitrogen and oxygen atoms in total. The summed E-state index contributed by atoms with van der Waals surface area (Å²) in [6.07, 6.45) is 1.75. The molecule has 0 aromatic heterocycles. The van der Waals surface area contributed by atoms with Crippen LogP contribution in [0.3, 0.4) is 0 Å². The van der Waals surface area contributed by atoms with E-state index in [0.29, 0.717) is 6.54 Å². The standard InChI is InChI=1S/C20H23FN2O/c21-19-8-6-17(7-9-19)15-23-12-10-18(11-13-23)20(24)22-14-16-4-2-1-3-5-16/h1-9,18H,10-15H2,(H,22,24). The Kier molecular flexibility index (Phi) is 5.59. The molecule has 0 bridgehead atoms. The van der Waals surface area contributed by atoms with Gasteiger partial charge in [-0.3, -0.25) is 9.69 Å². The molecule has 0 saturated carbocycles. The SMILES string of the molecule is O=C(NCc1ccccc1)C1CCN(Cc2ccc(F)cc2)CC1. The lowest BCUT2D eigenvalue weighted by atomic mass is 9.95. The van der Waals surface area contributed by atoms with Crippen LogP contribution in [-0.4, -0.2) is 23.9 Å². The molecule has 1 saturated heterocycles. The van der Waals surface area contributed by atoms with Crippen molar-refractivity contribution < 1.29 is 9.18 Å². The zero-order valence-corrected chi connectivity index (χ0v) is 13.7. The maximum Gasteiger partial charge on any atom is 0.223 e. The maximum atomic E-state index is 12.9. The molecule has 0 spiro atoms. The number of carbonyl (C=O) groups is 1. The Morgan fingerprint density at radius 3 is 2.33 bits per heavy atom. The molecular weight excluding hydrogens is 303 g/mol. The van der Waals surface area contributed by atoms with E-state index in [4.69, 9.17) is 0 Å². The summed E-state index contributed by atoms with van der Waals surface area (Å²) < 4.78 is 12.9. The van der Waals surface area contributed by atoms with Gasteiger partial charge in [0, 0.05) is 19.0 Å². The number of likely N-dealkylation sites (tertiary alicyclic amines) is 1. The molecule has 126 valence electrons. The first-order valence-electron chi connectivity index (χ1n) is 8.49. The molecular formula is C20H23FN2O. The Bertz CT molecular complexity index is 649.